The lowest BCUT2D eigenvalue weighted by Gasteiger charge is -2.35. The molecule has 1 amide bonds. The zero-order valence-electron chi connectivity index (χ0n) is 13.9. The van der Waals surface area contributed by atoms with Crippen LogP contribution < -0.4 is 0 Å². The molecule has 0 saturated carbocycles. The van der Waals surface area contributed by atoms with Crippen molar-refractivity contribution < 1.29 is 4.79 Å². The standard InChI is InChI=1S/C17H22N6O/c1-21-10-11-23-15(12-21)19-20-16(23)14-7-3-5-9-22(14)17(24)13-6-2-4-8-18-13/h2,4,6,8,14H,3,5,7,9-12H2,1H3. The lowest BCUT2D eigenvalue weighted by atomic mass is 10.0. The number of likely N-dealkylation sites (tertiary alicyclic amines) is 1. The van der Waals surface area contributed by atoms with E-state index in [4.69, 9.17) is 0 Å². The minimum atomic E-state index is -0.00872. The molecule has 0 aromatic carbocycles. The van der Waals surface area contributed by atoms with Crippen LogP contribution in [0, 0.1) is 0 Å². The summed E-state index contributed by atoms with van der Waals surface area (Å²) in [5, 5.41) is 8.82. The molecule has 2 aliphatic rings. The van der Waals surface area contributed by atoms with Gasteiger partial charge in [0.2, 0.25) is 0 Å². The summed E-state index contributed by atoms with van der Waals surface area (Å²) in [5.74, 6) is 1.92. The van der Waals surface area contributed by atoms with Gasteiger partial charge in [-0.1, -0.05) is 6.07 Å². The molecule has 2 aromatic rings. The first-order valence-electron chi connectivity index (χ1n) is 8.56. The fourth-order valence-corrected chi connectivity index (χ4v) is 3.63. The Morgan fingerprint density at radius 1 is 1.17 bits per heavy atom. The predicted octanol–water partition coefficient (Wildman–Crippen LogP) is 1.49. The third-order valence-electron chi connectivity index (χ3n) is 4.92. The van der Waals surface area contributed by atoms with Gasteiger partial charge in [-0.3, -0.25) is 14.7 Å². The van der Waals surface area contributed by atoms with Gasteiger partial charge in [-0.15, -0.1) is 10.2 Å². The second-order valence-corrected chi connectivity index (χ2v) is 6.59. The minimum Gasteiger partial charge on any atom is -0.327 e. The molecule has 1 fully saturated rings. The van der Waals surface area contributed by atoms with Gasteiger partial charge >= 0.3 is 0 Å². The molecule has 0 N–H and O–H groups in total. The van der Waals surface area contributed by atoms with Crippen LogP contribution in [0.3, 0.4) is 0 Å². The van der Waals surface area contributed by atoms with Crippen molar-refractivity contribution >= 4 is 5.91 Å². The summed E-state index contributed by atoms with van der Waals surface area (Å²) in [7, 11) is 2.09. The fourth-order valence-electron chi connectivity index (χ4n) is 3.63. The zero-order chi connectivity index (χ0) is 16.5. The Labute approximate surface area is 141 Å². The van der Waals surface area contributed by atoms with Crippen molar-refractivity contribution in [3.63, 3.8) is 0 Å². The molecule has 1 unspecified atom stereocenters. The number of piperidine rings is 1. The Hall–Kier alpha value is -2.28. The van der Waals surface area contributed by atoms with Crippen molar-refractivity contribution in [1.29, 1.82) is 0 Å². The highest BCUT2D eigenvalue weighted by Crippen LogP contribution is 2.32. The largest absolute Gasteiger partial charge is 0.327 e. The highest BCUT2D eigenvalue weighted by molar-refractivity contribution is 5.92. The summed E-state index contributed by atoms with van der Waals surface area (Å²) >= 11 is 0. The maximum absolute atomic E-state index is 12.9. The molecule has 2 aliphatic heterocycles. The lowest BCUT2D eigenvalue weighted by molar-refractivity contribution is 0.0585. The molecule has 2 aromatic heterocycles. The highest BCUT2D eigenvalue weighted by Gasteiger charge is 2.34. The van der Waals surface area contributed by atoms with Crippen LogP contribution in [0.1, 0.15) is 47.4 Å². The summed E-state index contributed by atoms with van der Waals surface area (Å²) in [6, 6.07) is 5.46. The van der Waals surface area contributed by atoms with Crippen molar-refractivity contribution in [3.8, 4) is 0 Å². The number of nitrogens with zero attached hydrogens (tertiary/aromatic N) is 6. The second-order valence-electron chi connectivity index (χ2n) is 6.59. The quantitative estimate of drug-likeness (QED) is 0.836. The molecule has 4 heterocycles. The van der Waals surface area contributed by atoms with E-state index in [1.54, 1.807) is 12.3 Å². The first kappa shape index (κ1) is 15.3. The van der Waals surface area contributed by atoms with E-state index in [1.165, 1.54) is 0 Å². The summed E-state index contributed by atoms with van der Waals surface area (Å²) in [4.78, 5) is 21.3. The number of pyridine rings is 1. The molecule has 0 bridgehead atoms. The molecule has 126 valence electrons. The molecule has 1 atom stereocenters. The average molecular weight is 326 g/mol. The molecular weight excluding hydrogens is 304 g/mol. The third kappa shape index (κ3) is 2.69. The molecule has 4 rings (SSSR count). The number of aromatic nitrogens is 4. The van der Waals surface area contributed by atoms with Gasteiger partial charge in [0, 0.05) is 25.8 Å². The van der Waals surface area contributed by atoms with Crippen molar-refractivity contribution in [1.82, 2.24) is 29.5 Å². The van der Waals surface area contributed by atoms with Crippen LogP contribution in [-0.4, -0.2) is 55.6 Å². The number of amides is 1. The van der Waals surface area contributed by atoms with Crippen LogP contribution in [0.15, 0.2) is 24.4 Å². The van der Waals surface area contributed by atoms with Crippen LogP contribution >= 0.6 is 0 Å². The Morgan fingerprint density at radius 3 is 2.92 bits per heavy atom. The molecule has 24 heavy (non-hydrogen) atoms. The summed E-state index contributed by atoms with van der Waals surface area (Å²) in [5.41, 5.74) is 0.502. The summed E-state index contributed by atoms with van der Waals surface area (Å²) < 4.78 is 2.20. The SMILES string of the molecule is CN1CCn2c(nnc2C2CCCCN2C(=O)c2ccccn2)C1. The van der Waals surface area contributed by atoms with Crippen molar-refractivity contribution in [2.75, 3.05) is 20.1 Å². The van der Waals surface area contributed by atoms with Crippen LogP contribution in [-0.2, 0) is 13.1 Å². The highest BCUT2D eigenvalue weighted by atomic mass is 16.2. The normalized spacial score (nSPS) is 21.5. The van der Waals surface area contributed by atoms with Gasteiger partial charge in [0.25, 0.3) is 5.91 Å². The Balaban J connectivity index is 1.65. The smallest absolute Gasteiger partial charge is 0.273 e. The molecule has 0 spiro atoms. The van der Waals surface area contributed by atoms with E-state index >= 15 is 0 Å². The van der Waals surface area contributed by atoms with Crippen LogP contribution in [0.5, 0.6) is 0 Å². The van der Waals surface area contributed by atoms with Crippen LogP contribution in [0.2, 0.25) is 0 Å². The number of hydrogen-bond donors (Lipinski definition) is 0. The number of likely N-dealkylation sites (N-methyl/N-ethyl adjacent to an activating group) is 1. The van der Waals surface area contributed by atoms with E-state index in [2.05, 4.69) is 31.7 Å². The molecule has 1 saturated heterocycles. The monoisotopic (exact) mass is 326 g/mol. The second kappa shape index (κ2) is 6.32. The van der Waals surface area contributed by atoms with Gasteiger partial charge in [-0.2, -0.15) is 0 Å². The topological polar surface area (TPSA) is 67.2 Å². The van der Waals surface area contributed by atoms with E-state index in [1.807, 2.05) is 17.0 Å². The predicted molar refractivity (Wildman–Crippen MR) is 88.2 cm³/mol. The Morgan fingerprint density at radius 2 is 2.08 bits per heavy atom. The van der Waals surface area contributed by atoms with Crippen molar-refractivity contribution in [2.45, 2.75) is 38.4 Å². The molecule has 7 heteroatoms. The molecule has 0 radical (unpaired) electrons. The first-order valence-corrected chi connectivity index (χ1v) is 8.56. The van der Waals surface area contributed by atoms with Crippen LogP contribution in [0.4, 0.5) is 0 Å². The number of rotatable bonds is 2. The van der Waals surface area contributed by atoms with E-state index < -0.39 is 0 Å². The van der Waals surface area contributed by atoms with Crippen molar-refractivity contribution in [2.24, 2.45) is 0 Å². The van der Waals surface area contributed by atoms with E-state index in [0.29, 0.717) is 5.69 Å². The zero-order valence-corrected chi connectivity index (χ0v) is 13.9. The summed E-state index contributed by atoms with van der Waals surface area (Å²) in [6.07, 6.45) is 4.74. The van der Waals surface area contributed by atoms with Crippen molar-refractivity contribution in [3.05, 3.63) is 41.7 Å². The van der Waals surface area contributed by atoms with Gasteiger partial charge in [0.05, 0.1) is 12.6 Å². The number of carbonyl (C=O) groups is 1. The maximum atomic E-state index is 12.9. The third-order valence-corrected chi connectivity index (χ3v) is 4.92. The van der Waals surface area contributed by atoms with Gasteiger partial charge < -0.3 is 9.47 Å². The average Bonchev–Trinajstić information content (AvgIpc) is 3.04. The van der Waals surface area contributed by atoms with Gasteiger partial charge in [0.1, 0.15) is 11.5 Å². The van der Waals surface area contributed by atoms with E-state index in [-0.39, 0.29) is 11.9 Å². The maximum Gasteiger partial charge on any atom is 0.273 e. The fraction of sp³-hybridized carbons (Fsp3) is 0.529. The molecular formula is C17H22N6O. The number of carbonyl (C=O) groups excluding carboxylic acids is 1. The van der Waals surface area contributed by atoms with Gasteiger partial charge in [0.15, 0.2) is 5.82 Å². The van der Waals surface area contributed by atoms with Gasteiger partial charge in [-0.05, 0) is 38.4 Å². The number of hydrogen-bond acceptors (Lipinski definition) is 5. The lowest BCUT2D eigenvalue weighted by Crippen LogP contribution is -2.41. The Kier molecular flexibility index (Phi) is 4.02. The van der Waals surface area contributed by atoms with E-state index in [0.717, 1.165) is 57.1 Å². The molecule has 7 nitrogen and oxygen atoms in total. The first-order chi connectivity index (χ1) is 11.7. The van der Waals surface area contributed by atoms with Gasteiger partial charge in [-0.25, -0.2) is 0 Å². The minimum absolute atomic E-state index is 0.00193. The molecule has 0 aliphatic carbocycles. The van der Waals surface area contributed by atoms with Crippen LogP contribution in [0.25, 0.3) is 0 Å². The number of fused-ring (bicyclic) bond motifs is 1. The Bertz CT molecular complexity index is 728. The van der Waals surface area contributed by atoms with E-state index in [9.17, 15) is 4.79 Å². The summed E-state index contributed by atoms with van der Waals surface area (Å²) in [6.45, 7) is 3.44.